The van der Waals surface area contributed by atoms with E-state index in [4.69, 9.17) is 14.5 Å². The van der Waals surface area contributed by atoms with Crippen molar-refractivity contribution >= 4 is 5.96 Å². The number of nitrogens with one attached hydrogen (secondary N) is 1. The smallest absolute Gasteiger partial charge is 0.193 e. The monoisotopic (exact) mass is 401 g/mol. The molecule has 0 unspecified atom stereocenters. The third-order valence-corrected chi connectivity index (χ3v) is 4.46. The van der Waals surface area contributed by atoms with Crippen LogP contribution in [0, 0.1) is 0 Å². The maximum absolute atomic E-state index is 5.80. The summed E-state index contributed by atoms with van der Waals surface area (Å²) in [5, 5.41) is 7.97. The lowest BCUT2D eigenvalue weighted by molar-refractivity contribution is 0.310. The lowest BCUT2D eigenvalue weighted by Gasteiger charge is -2.22. The van der Waals surface area contributed by atoms with Crippen molar-refractivity contribution in [2.45, 2.75) is 39.7 Å². The second-order valence-corrected chi connectivity index (χ2v) is 7.34. The molecule has 0 aliphatic heterocycles. The summed E-state index contributed by atoms with van der Waals surface area (Å²) in [6.07, 6.45) is 2.93. The topological polar surface area (TPSA) is 63.9 Å². The molecule has 0 radical (unpaired) electrons. The number of methoxy groups -OCH3 is 1. The number of aromatic nitrogens is 2. The first-order chi connectivity index (χ1) is 13.9. The summed E-state index contributed by atoms with van der Waals surface area (Å²) in [4.78, 5) is 6.90. The highest BCUT2D eigenvalue weighted by molar-refractivity contribution is 5.79. The molecule has 1 N–H and O–H groups in total. The van der Waals surface area contributed by atoms with Gasteiger partial charge in [-0.2, -0.15) is 5.10 Å². The predicted molar refractivity (Wildman–Crippen MR) is 118 cm³/mol. The fourth-order valence-electron chi connectivity index (χ4n) is 3.09. The molecule has 0 amide bonds. The molecule has 1 aromatic heterocycles. The van der Waals surface area contributed by atoms with E-state index < -0.39 is 0 Å². The first-order valence-corrected chi connectivity index (χ1v) is 10.2. The van der Waals surface area contributed by atoms with Crippen LogP contribution in [0.4, 0.5) is 0 Å². The Labute approximate surface area is 174 Å². The number of ether oxygens (including phenoxy) is 2. The molecule has 0 fully saturated rings. The molecular formula is C22H35N5O2. The molecule has 1 aromatic carbocycles. The van der Waals surface area contributed by atoms with Gasteiger partial charge in [0.2, 0.25) is 0 Å². The Morgan fingerprint density at radius 3 is 2.76 bits per heavy atom. The van der Waals surface area contributed by atoms with E-state index in [1.54, 1.807) is 7.11 Å². The van der Waals surface area contributed by atoms with Gasteiger partial charge in [0, 0.05) is 58.0 Å². The van der Waals surface area contributed by atoms with Crippen LogP contribution in [0.15, 0.2) is 35.5 Å². The molecule has 0 saturated heterocycles. The minimum Gasteiger partial charge on any atom is -0.497 e. The zero-order valence-corrected chi connectivity index (χ0v) is 18.6. The van der Waals surface area contributed by atoms with Crippen molar-refractivity contribution in [3.05, 3.63) is 41.7 Å². The summed E-state index contributed by atoms with van der Waals surface area (Å²) in [6.45, 7) is 9.33. The Bertz CT molecular complexity index is 785. The Kier molecular flexibility index (Phi) is 8.83. The quantitative estimate of drug-likeness (QED) is 0.375. The molecule has 29 heavy (non-hydrogen) atoms. The van der Waals surface area contributed by atoms with E-state index in [2.05, 4.69) is 49.3 Å². The fourth-order valence-corrected chi connectivity index (χ4v) is 3.09. The van der Waals surface area contributed by atoms with E-state index in [-0.39, 0.29) is 0 Å². The van der Waals surface area contributed by atoms with Gasteiger partial charge < -0.3 is 19.7 Å². The van der Waals surface area contributed by atoms with Crippen LogP contribution in [0.25, 0.3) is 0 Å². The van der Waals surface area contributed by atoms with E-state index in [9.17, 15) is 0 Å². The van der Waals surface area contributed by atoms with Crippen molar-refractivity contribution in [2.24, 2.45) is 12.0 Å². The summed E-state index contributed by atoms with van der Waals surface area (Å²) in [7, 11) is 5.69. The van der Waals surface area contributed by atoms with E-state index in [1.165, 1.54) is 5.56 Å². The average Bonchev–Trinajstić information content (AvgIpc) is 3.07. The van der Waals surface area contributed by atoms with E-state index in [0.29, 0.717) is 19.1 Å². The number of aryl methyl sites for hydroxylation is 1. The summed E-state index contributed by atoms with van der Waals surface area (Å²) in [6, 6.07) is 7.65. The summed E-state index contributed by atoms with van der Waals surface area (Å²) in [5.74, 6) is 2.91. The minimum absolute atomic E-state index is 0.396. The first-order valence-electron chi connectivity index (χ1n) is 10.2. The predicted octanol–water partition coefficient (Wildman–Crippen LogP) is 3.42. The van der Waals surface area contributed by atoms with Crippen molar-refractivity contribution in [2.75, 3.05) is 33.9 Å². The molecule has 0 bridgehead atoms. The molecule has 0 aliphatic carbocycles. The molecular weight excluding hydrogens is 366 g/mol. The molecule has 0 saturated carbocycles. The van der Waals surface area contributed by atoms with Gasteiger partial charge in [0.05, 0.1) is 19.4 Å². The first kappa shape index (κ1) is 22.6. The Hall–Kier alpha value is -2.70. The van der Waals surface area contributed by atoms with Crippen molar-refractivity contribution in [3.63, 3.8) is 0 Å². The number of nitrogens with zero attached hydrogens (tertiary/aromatic N) is 4. The third kappa shape index (κ3) is 7.00. The van der Waals surface area contributed by atoms with Gasteiger partial charge >= 0.3 is 0 Å². The van der Waals surface area contributed by atoms with Crippen LogP contribution in [0.1, 0.15) is 44.4 Å². The Morgan fingerprint density at radius 2 is 2.07 bits per heavy atom. The van der Waals surface area contributed by atoms with Crippen LogP contribution in [0.3, 0.4) is 0 Å². The second kappa shape index (κ2) is 11.3. The zero-order chi connectivity index (χ0) is 21.2. The number of guanidine groups is 1. The van der Waals surface area contributed by atoms with Crippen molar-refractivity contribution in [3.8, 4) is 11.5 Å². The van der Waals surface area contributed by atoms with Gasteiger partial charge in [-0.3, -0.25) is 9.67 Å². The molecule has 7 heteroatoms. The van der Waals surface area contributed by atoms with Crippen molar-refractivity contribution in [1.82, 2.24) is 20.0 Å². The van der Waals surface area contributed by atoms with Gasteiger partial charge in [-0.05, 0) is 25.0 Å². The van der Waals surface area contributed by atoms with Crippen LogP contribution in [-0.4, -0.2) is 54.5 Å². The van der Waals surface area contributed by atoms with Gasteiger partial charge in [0.25, 0.3) is 0 Å². The third-order valence-electron chi connectivity index (χ3n) is 4.46. The SMILES string of the molecule is CCNC(=NCCCOc1cccc(OC)c1)N(C)Cc1cn(C)nc1C(C)C. The van der Waals surface area contributed by atoms with E-state index in [0.717, 1.165) is 42.7 Å². The van der Waals surface area contributed by atoms with Crippen LogP contribution in [-0.2, 0) is 13.6 Å². The van der Waals surface area contributed by atoms with Crippen molar-refractivity contribution in [1.29, 1.82) is 0 Å². The molecule has 2 rings (SSSR count). The van der Waals surface area contributed by atoms with Crippen molar-refractivity contribution < 1.29 is 9.47 Å². The van der Waals surface area contributed by atoms with Crippen LogP contribution >= 0.6 is 0 Å². The maximum atomic E-state index is 5.80. The van der Waals surface area contributed by atoms with Gasteiger partial charge in [0.1, 0.15) is 11.5 Å². The molecule has 0 atom stereocenters. The van der Waals surface area contributed by atoms with Gasteiger partial charge in [0.15, 0.2) is 5.96 Å². The number of rotatable bonds is 10. The highest BCUT2D eigenvalue weighted by atomic mass is 16.5. The number of benzene rings is 1. The lowest BCUT2D eigenvalue weighted by Crippen LogP contribution is -2.38. The Morgan fingerprint density at radius 1 is 1.31 bits per heavy atom. The van der Waals surface area contributed by atoms with Gasteiger partial charge in [-0.25, -0.2) is 0 Å². The second-order valence-electron chi connectivity index (χ2n) is 7.34. The molecule has 0 spiro atoms. The molecule has 0 aliphatic rings. The number of hydrogen-bond donors (Lipinski definition) is 1. The Balaban J connectivity index is 1.89. The molecule has 1 heterocycles. The zero-order valence-electron chi connectivity index (χ0n) is 18.6. The molecule has 160 valence electrons. The minimum atomic E-state index is 0.396. The van der Waals surface area contributed by atoms with Gasteiger partial charge in [-0.15, -0.1) is 0 Å². The highest BCUT2D eigenvalue weighted by Crippen LogP contribution is 2.19. The van der Waals surface area contributed by atoms with E-state index >= 15 is 0 Å². The molecule has 7 nitrogen and oxygen atoms in total. The fraction of sp³-hybridized carbons (Fsp3) is 0.545. The summed E-state index contributed by atoms with van der Waals surface area (Å²) >= 11 is 0. The number of hydrogen-bond acceptors (Lipinski definition) is 4. The number of aliphatic imine (C=N–C) groups is 1. The van der Waals surface area contributed by atoms with Gasteiger partial charge in [-0.1, -0.05) is 19.9 Å². The van der Waals surface area contributed by atoms with Crippen LogP contribution in [0.5, 0.6) is 11.5 Å². The average molecular weight is 402 g/mol. The van der Waals surface area contributed by atoms with Crippen LogP contribution in [0.2, 0.25) is 0 Å². The van der Waals surface area contributed by atoms with E-state index in [1.807, 2.05) is 36.0 Å². The largest absolute Gasteiger partial charge is 0.497 e. The standard InChI is InChI=1S/C22H35N5O2/c1-7-23-22(26(4)15-18-16-27(5)25-21(18)17(2)3)24-12-9-13-29-20-11-8-10-19(14-20)28-6/h8,10-11,14,16-17H,7,9,12-13,15H2,1-6H3,(H,23,24). The lowest BCUT2D eigenvalue weighted by atomic mass is 10.1. The summed E-state index contributed by atoms with van der Waals surface area (Å²) < 4.78 is 12.9. The maximum Gasteiger partial charge on any atom is 0.193 e. The highest BCUT2D eigenvalue weighted by Gasteiger charge is 2.15. The van der Waals surface area contributed by atoms with Crippen LogP contribution < -0.4 is 14.8 Å². The summed E-state index contributed by atoms with van der Waals surface area (Å²) in [5.41, 5.74) is 2.37. The molecule has 2 aromatic rings. The normalized spacial score (nSPS) is 11.6.